The summed E-state index contributed by atoms with van der Waals surface area (Å²) in [7, 11) is 1.90. The van der Waals surface area contributed by atoms with Gasteiger partial charge >= 0.3 is 0 Å². The van der Waals surface area contributed by atoms with Crippen LogP contribution in [-0.4, -0.2) is 14.9 Å². The minimum absolute atomic E-state index is 0.414. The molecule has 1 heterocycles. The Kier molecular flexibility index (Phi) is 3.97. The minimum Gasteiger partial charge on any atom is -0.388 e. The lowest BCUT2D eigenvalue weighted by molar-refractivity contribution is 0.168. The van der Waals surface area contributed by atoms with Crippen molar-refractivity contribution in [2.24, 2.45) is 7.05 Å². The normalized spacial score (nSPS) is 12.6. The number of aromatic nitrogens is 2. The Morgan fingerprint density at radius 3 is 2.65 bits per heavy atom. The van der Waals surface area contributed by atoms with E-state index in [1.54, 1.807) is 4.68 Å². The van der Waals surface area contributed by atoms with Crippen LogP contribution in [0.2, 0.25) is 0 Å². The zero-order valence-corrected chi connectivity index (χ0v) is 11.3. The van der Waals surface area contributed by atoms with Crippen molar-refractivity contribution in [2.45, 2.75) is 18.9 Å². The van der Waals surface area contributed by atoms with Gasteiger partial charge in [-0.25, -0.2) is 0 Å². The van der Waals surface area contributed by atoms with E-state index in [-0.39, 0.29) is 0 Å². The van der Waals surface area contributed by atoms with Crippen molar-refractivity contribution in [2.75, 3.05) is 0 Å². The monoisotopic (exact) mass is 294 g/mol. The van der Waals surface area contributed by atoms with Gasteiger partial charge in [0.15, 0.2) is 0 Å². The second-order valence-corrected chi connectivity index (χ2v) is 5.04. The van der Waals surface area contributed by atoms with Crippen molar-refractivity contribution in [3.63, 3.8) is 0 Å². The van der Waals surface area contributed by atoms with E-state index < -0.39 is 6.10 Å². The van der Waals surface area contributed by atoms with Gasteiger partial charge in [-0.3, -0.25) is 4.68 Å². The highest BCUT2D eigenvalue weighted by atomic mass is 79.9. The molecule has 1 unspecified atom stereocenters. The number of aliphatic hydroxyl groups is 1. The summed E-state index contributed by atoms with van der Waals surface area (Å²) in [5.74, 6) is 0. The van der Waals surface area contributed by atoms with E-state index in [9.17, 15) is 5.11 Å². The predicted molar refractivity (Wildman–Crippen MR) is 70.6 cm³/mol. The average molecular weight is 295 g/mol. The number of halogens is 1. The fourth-order valence-electron chi connectivity index (χ4n) is 1.76. The minimum atomic E-state index is -0.414. The van der Waals surface area contributed by atoms with Crippen molar-refractivity contribution < 1.29 is 5.11 Å². The molecule has 4 heteroatoms. The first-order valence-corrected chi connectivity index (χ1v) is 6.35. The lowest BCUT2D eigenvalue weighted by Gasteiger charge is -2.10. The molecule has 1 aromatic carbocycles. The summed E-state index contributed by atoms with van der Waals surface area (Å²) in [5, 5.41) is 14.1. The van der Waals surface area contributed by atoms with Crippen LogP contribution >= 0.6 is 15.9 Å². The zero-order valence-electron chi connectivity index (χ0n) is 9.68. The van der Waals surface area contributed by atoms with Crippen molar-refractivity contribution >= 4 is 15.9 Å². The first kappa shape index (κ1) is 12.3. The topological polar surface area (TPSA) is 38.0 Å². The summed E-state index contributed by atoms with van der Waals surface area (Å²) in [4.78, 5) is 0. The molecule has 0 fully saturated rings. The molecule has 1 N–H and O–H groups in total. The van der Waals surface area contributed by atoms with Crippen LogP contribution in [0.3, 0.4) is 0 Å². The molecule has 1 aromatic heterocycles. The molecular weight excluding hydrogens is 280 g/mol. The Bertz CT molecular complexity index is 478. The number of nitrogens with zero attached hydrogens (tertiary/aromatic N) is 2. The zero-order chi connectivity index (χ0) is 12.3. The van der Waals surface area contributed by atoms with Crippen molar-refractivity contribution in [1.82, 2.24) is 9.78 Å². The molecule has 3 nitrogen and oxygen atoms in total. The summed E-state index contributed by atoms with van der Waals surface area (Å²) in [6.07, 6.45) is 4.96. The number of benzene rings is 1. The Morgan fingerprint density at radius 1 is 1.35 bits per heavy atom. The summed E-state index contributed by atoms with van der Waals surface area (Å²) in [6.45, 7) is 0. The summed E-state index contributed by atoms with van der Waals surface area (Å²) >= 11 is 3.38. The first-order chi connectivity index (χ1) is 8.15. The smallest absolute Gasteiger partial charge is 0.0793 e. The van der Waals surface area contributed by atoms with Gasteiger partial charge < -0.3 is 5.11 Å². The number of rotatable bonds is 4. The van der Waals surface area contributed by atoms with Gasteiger partial charge in [0.2, 0.25) is 0 Å². The van der Waals surface area contributed by atoms with Crippen LogP contribution in [0.5, 0.6) is 0 Å². The van der Waals surface area contributed by atoms with Gasteiger partial charge in [0.05, 0.1) is 12.3 Å². The highest BCUT2D eigenvalue weighted by molar-refractivity contribution is 9.10. The van der Waals surface area contributed by atoms with Gasteiger partial charge in [0.1, 0.15) is 0 Å². The van der Waals surface area contributed by atoms with Gasteiger partial charge in [-0.2, -0.15) is 5.10 Å². The Balaban J connectivity index is 1.93. The Labute approximate surface area is 109 Å². The molecule has 0 amide bonds. The standard InChI is InChI=1S/C13H15BrN2O/c1-16-9-10(8-15-16)2-7-13(17)11-3-5-12(14)6-4-11/h3-6,8-9,13,17H,2,7H2,1H3. The fraction of sp³-hybridized carbons (Fsp3) is 0.308. The van der Waals surface area contributed by atoms with Gasteiger partial charge in [-0.15, -0.1) is 0 Å². The quantitative estimate of drug-likeness (QED) is 0.942. The van der Waals surface area contributed by atoms with E-state index in [0.29, 0.717) is 6.42 Å². The second-order valence-electron chi connectivity index (χ2n) is 4.13. The number of hydrogen-bond acceptors (Lipinski definition) is 2. The van der Waals surface area contributed by atoms with Crippen LogP contribution < -0.4 is 0 Å². The third-order valence-electron chi connectivity index (χ3n) is 2.72. The summed E-state index contributed by atoms with van der Waals surface area (Å²) < 4.78 is 2.81. The molecule has 17 heavy (non-hydrogen) atoms. The molecule has 2 aromatic rings. The van der Waals surface area contributed by atoms with E-state index in [1.807, 2.05) is 43.7 Å². The molecule has 0 radical (unpaired) electrons. The van der Waals surface area contributed by atoms with E-state index in [0.717, 1.165) is 22.0 Å². The third-order valence-corrected chi connectivity index (χ3v) is 3.25. The van der Waals surface area contributed by atoms with Crippen molar-refractivity contribution in [3.05, 3.63) is 52.3 Å². The van der Waals surface area contributed by atoms with Crippen LogP contribution in [0.15, 0.2) is 41.1 Å². The Morgan fingerprint density at radius 2 is 2.06 bits per heavy atom. The van der Waals surface area contributed by atoms with Crippen LogP contribution in [0.4, 0.5) is 0 Å². The van der Waals surface area contributed by atoms with Crippen LogP contribution in [0, 0.1) is 0 Å². The number of aryl methyl sites for hydroxylation is 2. The van der Waals surface area contributed by atoms with Crippen LogP contribution in [-0.2, 0) is 13.5 Å². The SMILES string of the molecule is Cn1cc(CCC(O)c2ccc(Br)cc2)cn1. The molecule has 0 aliphatic rings. The van der Waals surface area contributed by atoms with E-state index in [2.05, 4.69) is 21.0 Å². The molecule has 0 aliphatic carbocycles. The van der Waals surface area contributed by atoms with Gasteiger partial charge in [-0.05, 0) is 36.1 Å². The Hall–Kier alpha value is -1.13. The van der Waals surface area contributed by atoms with Crippen LogP contribution in [0.25, 0.3) is 0 Å². The van der Waals surface area contributed by atoms with E-state index in [1.165, 1.54) is 0 Å². The first-order valence-electron chi connectivity index (χ1n) is 5.56. The second kappa shape index (κ2) is 5.47. The highest BCUT2D eigenvalue weighted by Gasteiger charge is 2.08. The summed E-state index contributed by atoms with van der Waals surface area (Å²) in [6, 6.07) is 7.78. The fourth-order valence-corrected chi connectivity index (χ4v) is 2.02. The van der Waals surface area contributed by atoms with Gasteiger partial charge in [-0.1, -0.05) is 28.1 Å². The van der Waals surface area contributed by atoms with Gasteiger partial charge in [0, 0.05) is 17.7 Å². The maximum atomic E-state index is 10.0. The predicted octanol–water partition coefficient (Wildman–Crippen LogP) is 2.85. The van der Waals surface area contributed by atoms with E-state index >= 15 is 0 Å². The van der Waals surface area contributed by atoms with E-state index in [4.69, 9.17) is 0 Å². The largest absolute Gasteiger partial charge is 0.388 e. The molecule has 1 atom stereocenters. The molecule has 90 valence electrons. The molecular formula is C13H15BrN2O. The third kappa shape index (κ3) is 3.41. The molecule has 0 spiro atoms. The molecule has 0 saturated heterocycles. The number of hydrogen-bond donors (Lipinski definition) is 1. The van der Waals surface area contributed by atoms with Gasteiger partial charge in [0.25, 0.3) is 0 Å². The van der Waals surface area contributed by atoms with Crippen molar-refractivity contribution in [1.29, 1.82) is 0 Å². The van der Waals surface area contributed by atoms with Crippen molar-refractivity contribution in [3.8, 4) is 0 Å². The van der Waals surface area contributed by atoms with Crippen LogP contribution in [0.1, 0.15) is 23.7 Å². The number of aliphatic hydroxyl groups excluding tert-OH is 1. The lowest BCUT2D eigenvalue weighted by atomic mass is 10.0. The average Bonchev–Trinajstić information content (AvgIpc) is 2.73. The maximum absolute atomic E-state index is 10.0. The molecule has 2 rings (SSSR count). The molecule has 0 saturated carbocycles. The summed E-state index contributed by atoms with van der Waals surface area (Å²) in [5.41, 5.74) is 2.11. The highest BCUT2D eigenvalue weighted by Crippen LogP contribution is 2.20. The maximum Gasteiger partial charge on any atom is 0.0793 e. The molecule has 0 aliphatic heterocycles. The lowest BCUT2D eigenvalue weighted by Crippen LogP contribution is -1.99. The molecule has 0 bridgehead atoms.